The molecule has 3 nitrogen and oxygen atoms in total. The molecule has 2 N–H and O–H groups in total. The van der Waals surface area contributed by atoms with Crippen LogP contribution in [0.2, 0.25) is 0 Å². The van der Waals surface area contributed by atoms with Gasteiger partial charge in [-0.25, -0.2) is 0 Å². The molecule has 7 heavy (non-hydrogen) atoms. The molecule has 0 rings (SSSR count). The number of rotatable bonds is 0. The predicted octanol–water partition coefficient (Wildman–Crippen LogP) is 0.0215. The summed E-state index contributed by atoms with van der Waals surface area (Å²) in [4.78, 5) is 9.44. The Kier molecular flexibility index (Phi) is 11.9. The Bertz CT molecular complexity index is 78.2. The van der Waals surface area contributed by atoms with Gasteiger partial charge in [-0.05, 0) is 13.8 Å². The molecule has 0 unspecified atom stereocenters. The highest BCUT2D eigenvalue weighted by molar-refractivity contribution is 5.72. The van der Waals surface area contributed by atoms with E-state index in [-0.39, 0.29) is 5.78 Å². The lowest BCUT2D eigenvalue weighted by Gasteiger charge is -1.56. The number of carbonyl (C=O) groups excluding carboxylic acids is 1. The van der Waals surface area contributed by atoms with Crippen LogP contribution in [0.15, 0.2) is 0 Å². The maximum absolute atomic E-state index is 9.44. The minimum Gasteiger partial charge on any atom is -0.337 e. The van der Waals surface area contributed by atoms with Crippen LogP contribution in [0, 0.1) is 11.5 Å². The van der Waals surface area contributed by atoms with E-state index in [1.807, 2.05) is 0 Å². The van der Waals surface area contributed by atoms with Crippen molar-refractivity contribution in [2.75, 3.05) is 0 Å². The number of carbonyl (C=O) groups is 1. The second kappa shape index (κ2) is 8.88. The van der Waals surface area contributed by atoms with Gasteiger partial charge in [-0.1, -0.05) is 0 Å². The number of hydrogen-bond donors (Lipinski definition) is 1. The van der Waals surface area contributed by atoms with Crippen molar-refractivity contribution in [3.05, 3.63) is 0 Å². The van der Waals surface area contributed by atoms with Gasteiger partial charge in [-0.2, -0.15) is 5.26 Å². The van der Waals surface area contributed by atoms with Crippen molar-refractivity contribution in [3.8, 4) is 6.19 Å². The molecule has 0 atom stereocenters. The van der Waals surface area contributed by atoms with Crippen molar-refractivity contribution < 1.29 is 4.79 Å². The van der Waals surface area contributed by atoms with Gasteiger partial charge in [0.15, 0.2) is 6.19 Å². The molecule has 0 spiro atoms. The Labute approximate surface area is 42.7 Å². The molecular weight excluding hydrogens is 92.1 g/mol. The molecular formula is C4H8N2O. The first-order chi connectivity index (χ1) is 3.15. The SMILES string of the molecule is CC(C)=O.N#CN. The van der Waals surface area contributed by atoms with Gasteiger partial charge in [-0.3, -0.25) is 0 Å². The van der Waals surface area contributed by atoms with Crippen molar-refractivity contribution in [3.63, 3.8) is 0 Å². The zero-order chi connectivity index (χ0) is 6.28. The molecule has 0 aliphatic heterocycles. The van der Waals surface area contributed by atoms with Crippen LogP contribution in [0.1, 0.15) is 13.8 Å². The Morgan fingerprint density at radius 2 is 1.71 bits per heavy atom. The maximum atomic E-state index is 9.44. The Balaban J connectivity index is 0. The summed E-state index contributed by atoms with van der Waals surface area (Å²) >= 11 is 0. The fourth-order valence-electron chi connectivity index (χ4n) is 0. The number of nitriles is 1. The molecule has 3 heteroatoms. The summed E-state index contributed by atoms with van der Waals surface area (Å²) in [7, 11) is 0. The average Bonchev–Trinajstić information content (AvgIpc) is 1.33. The number of ketones is 1. The van der Waals surface area contributed by atoms with E-state index in [0.29, 0.717) is 0 Å². The van der Waals surface area contributed by atoms with Gasteiger partial charge >= 0.3 is 0 Å². The van der Waals surface area contributed by atoms with Crippen LogP contribution in [-0.4, -0.2) is 5.78 Å². The summed E-state index contributed by atoms with van der Waals surface area (Å²) in [6.07, 6.45) is 1.25. The molecule has 0 radical (unpaired) electrons. The van der Waals surface area contributed by atoms with E-state index in [1.54, 1.807) is 0 Å². The Morgan fingerprint density at radius 3 is 1.71 bits per heavy atom. The summed E-state index contributed by atoms with van der Waals surface area (Å²) < 4.78 is 0. The van der Waals surface area contributed by atoms with Crippen LogP contribution >= 0.6 is 0 Å². The summed E-state index contributed by atoms with van der Waals surface area (Å²) in [5, 5.41) is 7.10. The molecule has 0 heterocycles. The Hall–Kier alpha value is -1.04. The maximum Gasteiger partial charge on any atom is 0.173 e. The number of nitrogens with two attached hydrogens (primary N) is 1. The molecule has 0 aliphatic rings. The topological polar surface area (TPSA) is 66.9 Å². The van der Waals surface area contributed by atoms with E-state index in [2.05, 4.69) is 5.73 Å². The summed E-state index contributed by atoms with van der Waals surface area (Å²) in [5.74, 6) is 0.167. The summed E-state index contributed by atoms with van der Waals surface area (Å²) in [6, 6.07) is 0. The third-order valence-electron chi connectivity index (χ3n) is 0. The highest BCUT2D eigenvalue weighted by Crippen LogP contribution is 1.50. The normalized spacial score (nSPS) is 4.71. The number of hydrogen-bond acceptors (Lipinski definition) is 3. The van der Waals surface area contributed by atoms with Gasteiger partial charge < -0.3 is 10.5 Å². The van der Waals surface area contributed by atoms with Crippen LogP contribution < -0.4 is 5.73 Å². The first-order valence-corrected chi connectivity index (χ1v) is 1.72. The van der Waals surface area contributed by atoms with Gasteiger partial charge in [0.1, 0.15) is 5.78 Å². The van der Waals surface area contributed by atoms with Gasteiger partial charge in [0.2, 0.25) is 0 Å². The van der Waals surface area contributed by atoms with Crippen molar-refractivity contribution in [1.82, 2.24) is 0 Å². The van der Waals surface area contributed by atoms with E-state index in [0.717, 1.165) is 0 Å². The number of nitrogens with zero attached hydrogens (tertiary/aromatic N) is 1. The van der Waals surface area contributed by atoms with Crippen molar-refractivity contribution in [1.29, 1.82) is 5.26 Å². The van der Waals surface area contributed by atoms with Crippen LogP contribution in [0.5, 0.6) is 0 Å². The van der Waals surface area contributed by atoms with Crippen LogP contribution in [0.4, 0.5) is 0 Å². The molecule has 0 bridgehead atoms. The predicted molar refractivity (Wildman–Crippen MR) is 26.2 cm³/mol. The third-order valence-corrected chi connectivity index (χ3v) is 0. The Morgan fingerprint density at radius 1 is 1.71 bits per heavy atom. The van der Waals surface area contributed by atoms with E-state index >= 15 is 0 Å². The van der Waals surface area contributed by atoms with Gasteiger partial charge in [0.05, 0.1) is 0 Å². The molecule has 0 saturated heterocycles. The van der Waals surface area contributed by atoms with E-state index < -0.39 is 0 Å². The minimum absolute atomic E-state index is 0.167. The van der Waals surface area contributed by atoms with E-state index in [1.165, 1.54) is 20.0 Å². The second-order valence-electron chi connectivity index (χ2n) is 1.04. The van der Waals surface area contributed by atoms with Crippen LogP contribution in [0.25, 0.3) is 0 Å². The van der Waals surface area contributed by atoms with Gasteiger partial charge in [0.25, 0.3) is 0 Å². The lowest BCUT2D eigenvalue weighted by atomic mass is 10.6. The standard InChI is InChI=1S/C3H6O.CH2N2/c1-3(2)4;2-1-3/h1-2H3;2H2. The fraction of sp³-hybridized carbons (Fsp3) is 0.500. The van der Waals surface area contributed by atoms with Gasteiger partial charge in [0, 0.05) is 0 Å². The molecule has 0 fully saturated rings. The average molecular weight is 100 g/mol. The van der Waals surface area contributed by atoms with Crippen molar-refractivity contribution >= 4 is 5.78 Å². The zero-order valence-corrected chi connectivity index (χ0v) is 4.43. The van der Waals surface area contributed by atoms with Crippen LogP contribution in [-0.2, 0) is 4.79 Å². The molecule has 40 valence electrons. The molecule has 0 saturated carbocycles. The molecule has 0 amide bonds. The zero-order valence-electron chi connectivity index (χ0n) is 4.43. The van der Waals surface area contributed by atoms with Crippen molar-refractivity contribution in [2.24, 2.45) is 5.73 Å². The van der Waals surface area contributed by atoms with Gasteiger partial charge in [-0.15, -0.1) is 0 Å². The lowest BCUT2D eigenvalue weighted by Crippen LogP contribution is -1.69. The molecule has 0 aromatic carbocycles. The molecule has 0 aromatic heterocycles. The minimum atomic E-state index is 0.167. The van der Waals surface area contributed by atoms with E-state index in [9.17, 15) is 4.79 Å². The number of Topliss-reactive ketones (excluding diaryl/α,β-unsaturated/α-hetero) is 1. The third kappa shape index (κ3) is 40.2. The quantitative estimate of drug-likeness (QED) is 0.344. The monoisotopic (exact) mass is 100 g/mol. The largest absolute Gasteiger partial charge is 0.337 e. The molecule has 0 aromatic rings. The summed E-state index contributed by atoms with van der Waals surface area (Å²) in [5.41, 5.74) is 4.15. The highest BCUT2D eigenvalue weighted by atomic mass is 16.1. The fourth-order valence-corrected chi connectivity index (χ4v) is 0. The lowest BCUT2D eigenvalue weighted by molar-refractivity contribution is -0.114. The second-order valence-corrected chi connectivity index (χ2v) is 1.04. The first-order valence-electron chi connectivity index (χ1n) is 1.72. The first kappa shape index (κ1) is 9.35. The van der Waals surface area contributed by atoms with E-state index in [4.69, 9.17) is 5.26 Å². The summed E-state index contributed by atoms with van der Waals surface area (Å²) in [6.45, 7) is 3.06. The highest BCUT2D eigenvalue weighted by Gasteiger charge is 1.62. The van der Waals surface area contributed by atoms with Crippen molar-refractivity contribution in [2.45, 2.75) is 13.8 Å². The molecule has 0 aliphatic carbocycles. The smallest absolute Gasteiger partial charge is 0.173 e. The van der Waals surface area contributed by atoms with Crippen LogP contribution in [0.3, 0.4) is 0 Å².